The van der Waals surface area contributed by atoms with Crippen LogP contribution in [0.25, 0.3) is 0 Å². The number of fused-ring (bicyclic) bond motifs is 1. The molecule has 2 N–H and O–H groups in total. The fraction of sp³-hybridized carbons (Fsp3) is 0.353. The zero-order valence-corrected chi connectivity index (χ0v) is 13.3. The molecular weight excluding hydrogens is 296 g/mol. The van der Waals surface area contributed by atoms with Crippen LogP contribution in [0.15, 0.2) is 33.8 Å². The Morgan fingerprint density at radius 3 is 2.57 bits per heavy atom. The lowest BCUT2D eigenvalue weighted by molar-refractivity contribution is 0.0940. The van der Waals surface area contributed by atoms with Crippen LogP contribution < -0.4 is 10.9 Å². The van der Waals surface area contributed by atoms with Crippen LogP contribution >= 0.6 is 0 Å². The third-order valence-electron chi connectivity index (χ3n) is 4.19. The number of hydrogen-bond acceptors (Lipinski definition) is 5. The summed E-state index contributed by atoms with van der Waals surface area (Å²) in [5.74, 6) is -0.708. The van der Waals surface area contributed by atoms with E-state index in [1.807, 2.05) is 6.92 Å². The van der Waals surface area contributed by atoms with Gasteiger partial charge in [-0.3, -0.25) is 14.4 Å². The summed E-state index contributed by atoms with van der Waals surface area (Å²) in [6.07, 6.45) is 1.13. The monoisotopic (exact) mass is 314 g/mol. The van der Waals surface area contributed by atoms with Crippen molar-refractivity contribution in [2.45, 2.75) is 40.0 Å². The first-order valence-electron chi connectivity index (χ1n) is 7.58. The van der Waals surface area contributed by atoms with Crippen LogP contribution in [0.3, 0.4) is 0 Å². The Morgan fingerprint density at radius 1 is 1.22 bits per heavy atom. The molecule has 6 heteroatoms. The molecule has 1 aromatic heterocycles. The van der Waals surface area contributed by atoms with Crippen LogP contribution in [0.1, 0.15) is 46.7 Å². The van der Waals surface area contributed by atoms with Crippen molar-refractivity contribution in [2.24, 2.45) is 0 Å². The molecule has 1 atom stereocenters. The molecule has 0 aromatic carbocycles. The maximum Gasteiger partial charge on any atom is 0.251 e. The summed E-state index contributed by atoms with van der Waals surface area (Å²) in [6.45, 7) is 5.61. The van der Waals surface area contributed by atoms with E-state index in [-0.39, 0.29) is 33.9 Å². The van der Waals surface area contributed by atoms with E-state index in [1.165, 1.54) is 16.7 Å². The van der Waals surface area contributed by atoms with E-state index >= 15 is 0 Å². The fourth-order valence-corrected chi connectivity index (χ4v) is 3.23. The maximum absolute atomic E-state index is 12.9. The second-order valence-electron chi connectivity index (χ2n) is 5.89. The number of dihydropyridines is 1. The summed E-state index contributed by atoms with van der Waals surface area (Å²) in [5, 5.41) is 12.4. The van der Waals surface area contributed by atoms with Gasteiger partial charge in [-0.25, -0.2) is 0 Å². The van der Waals surface area contributed by atoms with E-state index in [1.54, 1.807) is 13.8 Å². The van der Waals surface area contributed by atoms with Crippen molar-refractivity contribution in [2.75, 3.05) is 0 Å². The highest BCUT2D eigenvalue weighted by Gasteiger charge is 2.38. The average Bonchev–Trinajstić information content (AvgIpc) is 2.46. The van der Waals surface area contributed by atoms with Crippen molar-refractivity contribution < 1.29 is 14.7 Å². The third-order valence-corrected chi connectivity index (χ3v) is 4.19. The molecule has 0 bridgehead atoms. The lowest BCUT2D eigenvalue weighted by Gasteiger charge is -2.29. The zero-order chi connectivity index (χ0) is 16.9. The Labute approximate surface area is 133 Å². The van der Waals surface area contributed by atoms with Crippen LogP contribution in [0, 0.1) is 6.92 Å². The number of carbonyl (C=O) groups excluding carboxylic acids is 2. The molecular formula is C17H18N2O4. The number of carbonyl (C=O) groups is 2. The predicted octanol–water partition coefficient (Wildman–Crippen LogP) is 1.07. The summed E-state index contributed by atoms with van der Waals surface area (Å²) in [4.78, 5) is 38.1. The number of aromatic nitrogens is 1. The molecule has 0 amide bonds. The molecule has 0 radical (unpaired) electrons. The number of Topliss-reactive ketones (excluding diaryl/α,β-unsaturated/α-hetero) is 2. The SMILES string of the molecule is CCCn1c2c(c(C)cc1=O)C(=O)C1=C(NC(O)C=C1C)C2=O. The Bertz CT molecular complexity index is 858. The average molecular weight is 314 g/mol. The lowest BCUT2D eigenvalue weighted by Crippen LogP contribution is -2.42. The van der Waals surface area contributed by atoms with E-state index < -0.39 is 12.0 Å². The minimum absolute atomic E-state index is 0.0739. The Kier molecular flexibility index (Phi) is 3.56. The number of aliphatic hydroxyl groups is 1. The molecule has 0 fully saturated rings. The molecule has 1 aliphatic carbocycles. The van der Waals surface area contributed by atoms with Gasteiger partial charge in [0.1, 0.15) is 11.9 Å². The normalized spacial score (nSPS) is 20.0. The first-order valence-corrected chi connectivity index (χ1v) is 7.58. The summed E-state index contributed by atoms with van der Waals surface area (Å²) in [5.41, 5.74) is 1.52. The van der Waals surface area contributed by atoms with Gasteiger partial charge in [0.25, 0.3) is 5.56 Å². The van der Waals surface area contributed by atoms with E-state index in [4.69, 9.17) is 0 Å². The molecule has 0 saturated heterocycles. The summed E-state index contributed by atoms with van der Waals surface area (Å²) in [6, 6.07) is 1.40. The highest BCUT2D eigenvalue weighted by atomic mass is 16.3. The Hall–Kier alpha value is -2.47. The second-order valence-corrected chi connectivity index (χ2v) is 5.89. The predicted molar refractivity (Wildman–Crippen MR) is 84.3 cm³/mol. The van der Waals surface area contributed by atoms with Crippen molar-refractivity contribution in [3.05, 3.63) is 56.2 Å². The van der Waals surface area contributed by atoms with Gasteiger partial charge in [0.2, 0.25) is 5.78 Å². The molecule has 2 aliphatic rings. The van der Waals surface area contributed by atoms with Crippen LogP contribution in [0.2, 0.25) is 0 Å². The van der Waals surface area contributed by atoms with Crippen LogP contribution in [-0.4, -0.2) is 27.5 Å². The first-order chi connectivity index (χ1) is 10.9. The first kappa shape index (κ1) is 15.4. The number of hydrogen-bond donors (Lipinski definition) is 2. The van der Waals surface area contributed by atoms with Crippen molar-refractivity contribution in [3.8, 4) is 0 Å². The van der Waals surface area contributed by atoms with Gasteiger partial charge in [-0.15, -0.1) is 0 Å². The quantitative estimate of drug-likeness (QED) is 0.852. The molecule has 3 rings (SSSR count). The molecule has 6 nitrogen and oxygen atoms in total. The maximum atomic E-state index is 12.9. The Morgan fingerprint density at radius 2 is 1.91 bits per heavy atom. The molecule has 120 valence electrons. The van der Waals surface area contributed by atoms with Crippen molar-refractivity contribution >= 4 is 11.6 Å². The highest BCUT2D eigenvalue weighted by Crippen LogP contribution is 2.32. The Balaban J connectivity index is 2.33. The molecule has 0 saturated carbocycles. The van der Waals surface area contributed by atoms with Crippen molar-refractivity contribution in [3.63, 3.8) is 0 Å². The third kappa shape index (κ3) is 2.17. The van der Waals surface area contributed by atoms with Gasteiger partial charge in [0, 0.05) is 12.6 Å². The lowest BCUT2D eigenvalue weighted by atomic mass is 9.83. The van der Waals surface area contributed by atoms with Gasteiger partial charge in [0.15, 0.2) is 5.78 Å². The number of allylic oxidation sites excluding steroid dienone is 3. The van der Waals surface area contributed by atoms with Gasteiger partial charge < -0.3 is 15.0 Å². The minimum Gasteiger partial charge on any atom is -0.370 e. The second kappa shape index (κ2) is 5.31. The van der Waals surface area contributed by atoms with Crippen LogP contribution in [-0.2, 0) is 6.54 Å². The smallest absolute Gasteiger partial charge is 0.251 e. The number of nitrogens with zero attached hydrogens (tertiary/aromatic N) is 1. The van der Waals surface area contributed by atoms with Crippen molar-refractivity contribution in [1.29, 1.82) is 0 Å². The molecule has 2 heterocycles. The van der Waals surface area contributed by atoms with Gasteiger partial charge in [-0.1, -0.05) is 6.92 Å². The standard InChI is InChI=1S/C17H18N2O4/c1-4-5-19-11(21)7-9(3)13-15(19)17(23)14-12(16(13)22)8(2)6-10(20)18-14/h6-7,10,18,20H,4-5H2,1-3H3. The molecule has 0 spiro atoms. The highest BCUT2D eigenvalue weighted by molar-refractivity contribution is 6.28. The molecule has 1 aromatic rings. The van der Waals surface area contributed by atoms with Gasteiger partial charge in [-0.05, 0) is 37.5 Å². The number of nitrogens with one attached hydrogen (secondary N) is 1. The topological polar surface area (TPSA) is 88.4 Å². The van der Waals surface area contributed by atoms with Crippen LogP contribution in [0.4, 0.5) is 0 Å². The van der Waals surface area contributed by atoms with Crippen LogP contribution in [0.5, 0.6) is 0 Å². The summed E-state index contributed by atoms with van der Waals surface area (Å²) in [7, 11) is 0. The number of aliphatic hydroxyl groups excluding tert-OH is 1. The fourth-order valence-electron chi connectivity index (χ4n) is 3.23. The molecule has 1 aliphatic heterocycles. The van der Waals surface area contributed by atoms with Gasteiger partial charge >= 0.3 is 0 Å². The van der Waals surface area contributed by atoms with Gasteiger partial charge in [-0.2, -0.15) is 0 Å². The number of aryl methyl sites for hydroxylation is 1. The summed E-state index contributed by atoms with van der Waals surface area (Å²) < 4.78 is 1.36. The molecule has 1 unspecified atom stereocenters. The number of rotatable bonds is 2. The minimum atomic E-state index is -1.02. The van der Waals surface area contributed by atoms with Gasteiger partial charge in [0.05, 0.1) is 16.8 Å². The summed E-state index contributed by atoms with van der Waals surface area (Å²) >= 11 is 0. The number of ketones is 2. The number of pyridine rings is 1. The van der Waals surface area contributed by atoms with E-state index in [9.17, 15) is 19.5 Å². The van der Waals surface area contributed by atoms with E-state index in [2.05, 4.69) is 5.32 Å². The van der Waals surface area contributed by atoms with E-state index in [0.29, 0.717) is 24.1 Å². The van der Waals surface area contributed by atoms with Crippen molar-refractivity contribution in [1.82, 2.24) is 9.88 Å². The molecule has 23 heavy (non-hydrogen) atoms. The van der Waals surface area contributed by atoms with E-state index in [0.717, 1.165) is 0 Å². The zero-order valence-electron chi connectivity index (χ0n) is 13.3. The largest absolute Gasteiger partial charge is 0.370 e.